The van der Waals surface area contributed by atoms with E-state index in [1.54, 1.807) is 0 Å². The molecular formula is C11H17N3O2S2. The Labute approximate surface area is 114 Å². The third kappa shape index (κ3) is 3.84. The van der Waals surface area contributed by atoms with Crippen molar-refractivity contribution in [3.8, 4) is 0 Å². The lowest BCUT2D eigenvalue weighted by molar-refractivity contribution is -0.133. The molecule has 0 atom stereocenters. The zero-order valence-electron chi connectivity index (χ0n) is 10.3. The van der Waals surface area contributed by atoms with Gasteiger partial charge in [-0.2, -0.15) is 0 Å². The van der Waals surface area contributed by atoms with Crippen LogP contribution in [0.3, 0.4) is 0 Å². The van der Waals surface area contributed by atoms with E-state index in [0.717, 1.165) is 11.7 Å². The highest BCUT2D eigenvalue weighted by Crippen LogP contribution is 2.37. The molecule has 2 rings (SSSR count). The smallest absolute Gasteiger partial charge is 0.313 e. The highest BCUT2D eigenvalue weighted by Gasteiger charge is 2.28. The Hall–Kier alpha value is -0.820. The Morgan fingerprint density at radius 1 is 1.50 bits per heavy atom. The second-order valence-corrected chi connectivity index (χ2v) is 7.13. The summed E-state index contributed by atoms with van der Waals surface area (Å²) in [6, 6.07) is 0. The second-order valence-electron chi connectivity index (χ2n) is 4.93. The number of nitrogens with zero attached hydrogens (tertiary/aromatic N) is 2. The molecular weight excluding hydrogens is 270 g/mol. The van der Waals surface area contributed by atoms with Gasteiger partial charge < -0.3 is 10.4 Å². The largest absolute Gasteiger partial charge is 0.481 e. The van der Waals surface area contributed by atoms with Crippen LogP contribution in [0, 0.1) is 5.41 Å². The average Bonchev–Trinajstić information content (AvgIpc) is 2.93. The van der Waals surface area contributed by atoms with Gasteiger partial charge in [-0.25, -0.2) is 0 Å². The number of carboxylic acid groups (broad SMARTS) is 1. The quantitative estimate of drug-likeness (QED) is 0.784. The maximum atomic E-state index is 10.4. The van der Waals surface area contributed by atoms with E-state index in [1.807, 2.05) is 0 Å². The highest BCUT2D eigenvalue weighted by atomic mass is 32.2. The molecule has 0 aliphatic heterocycles. The van der Waals surface area contributed by atoms with E-state index in [9.17, 15) is 4.79 Å². The minimum atomic E-state index is -0.830. The molecule has 100 valence electrons. The lowest BCUT2D eigenvalue weighted by Crippen LogP contribution is -2.22. The van der Waals surface area contributed by atoms with Crippen molar-refractivity contribution < 1.29 is 9.90 Å². The molecule has 0 saturated heterocycles. The molecule has 5 nitrogen and oxygen atoms in total. The first-order valence-electron chi connectivity index (χ1n) is 5.99. The number of nitrogens with one attached hydrogen (secondary N) is 1. The van der Waals surface area contributed by atoms with Crippen molar-refractivity contribution in [3.05, 3.63) is 0 Å². The number of carboxylic acids is 1. The van der Waals surface area contributed by atoms with Gasteiger partial charge in [0.15, 0.2) is 4.34 Å². The van der Waals surface area contributed by atoms with Crippen LogP contribution in [-0.2, 0) is 4.79 Å². The van der Waals surface area contributed by atoms with Crippen molar-refractivity contribution in [3.63, 3.8) is 0 Å². The van der Waals surface area contributed by atoms with Crippen LogP contribution in [-0.4, -0.2) is 33.6 Å². The maximum Gasteiger partial charge on any atom is 0.313 e. The first-order valence-corrected chi connectivity index (χ1v) is 7.80. The molecule has 1 aromatic heterocycles. The summed E-state index contributed by atoms with van der Waals surface area (Å²) >= 11 is 2.64. The summed E-state index contributed by atoms with van der Waals surface area (Å²) in [5, 5.41) is 20.7. The van der Waals surface area contributed by atoms with Gasteiger partial charge in [-0.3, -0.25) is 4.79 Å². The minimum absolute atomic E-state index is 0.0341. The predicted molar refractivity (Wildman–Crippen MR) is 73.3 cm³/mol. The number of aromatic nitrogens is 2. The third-order valence-electron chi connectivity index (χ3n) is 3.20. The van der Waals surface area contributed by atoms with E-state index >= 15 is 0 Å². The molecule has 0 unspecified atom stereocenters. The number of hydrogen-bond acceptors (Lipinski definition) is 6. The molecule has 1 aromatic rings. The fourth-order valence-electron chi connectivity index (χ4n) is 2.16. The number of rotatable bonds is 6. The summed E-state index contributed by atoms with van der Waals surface area (Å²) in [6.07, 6.45) is 5.15. The Bertz CT molecular complexity index is 416. The molecule has 1 saturated carbocycles. The van der Waals surface area contributed by atoms with Gasteiger partial charge in [-0.15, -0.1) is 10.2 Å². The molecule has 7 heteroatoms. The Morgan fingerprint density at radius 2 is 2.22 bits per heavy atom. The van der Waals surface area contributed by atoms with Gasteiger partial charge in [-0.1, -0.05) is 42.9 Å². The Kier molecular flexibility index (Phi) is 4.45. The number of thioether (sulfide) groups is 1. The van der Waals surface area contributed by atoms with Crippen molar-refractivity contribution in [2.45, 2.75) is 36.9 Å². The van der Waals surface area contributed by atoms with E-state index in [2.05, 4.69) is 22.4 Å². The van der Waals surface area contributed by atoms with Gasteiger partial charge in [0, 0.05) is 6.54 Å². The second kappa shape index (κ2) is 5.88. The molecule has 0 radical (unpaired) electrons. The standard InChI is InChI=1S/C11H17N3O2S2/c1-11(4-2-3-5-11)7-12-9-13-14-10(18-9)17-6-8(15)16/h2-7H2,1H3,(H,12,13)(H,15,16). The van der Waals surface area contributed by atoms with Crippen LogP contribution in [0.4, 0.5) is 5.13 Å². The Balaban J connectivity index is 1.81. The molecule has 0 bridgehead atoms. The topological polar surface area (TPSA) is 75.1 Å². The van der Waals surface area contributed by atoms with E-state index in [1.165, 1.54) is 48.8 Å². The summed E-state index contributed by atoms with van der Waals surface area (Å²) in [7, 11) is 0. The first-order chi connectivity index (χ1) is 8.57. The molecule has 2 N–H and O–H groups in total. The highest BCUT2D eigenvalue weighted by molar-refractivity contribution is 8.01. The summed E-state index contributed by atoms with van der Waals surface area (Å²) in [5.74, 6) is -0.796. The van der Waals surface area contributed by atoms with Gasteiger partial charge in [-0.05, 0) is 18.3 Å². The van der Waals surface area contributed by atoms with Crippen LogP contribution < -0.4 is 5.32 Å². The molecule has 1 aliphatic carbocycles. The van der Waals surface area contributed by atoms with Crippen LogP contribution in [0.5, 0.6) is 0 Å². The van der Waals surface area contributed by atoms with Crippen molar-refractivity contribution in [2.75, 3.05) is 17.6 Å². The van der Waals surface area contributed by atoms with E-state index < -0.39 is 5.97 Å². The van der Waals surface area contributed by atoms with Crippen LogP contribution in [0.15, 0.2) is 4.34 Å². The molecule has 1 heterocycles. The van der Waals surface area contributed by atoms with E-state index in [0.29, 0.717) is 9.75 Å². The van der Waals surface area contributed by atoms with Crippen LogP contribution in [0.2, 0.25) is 0 Å². The molecule has 0 amide bonds. The monoisotopic (exact) mass is 287 g/mol. The number of anilines is 1. The van der Waals surface area contributed by atoms with E-state index in [-0.39, 0.29) is 5.75 Å². The van der Waals surface area contributed by atoms with Crippen LogP contribution in [0.25, 0.3) is 0 Å². The van der Waals surface area contributed by atoms with Gasteiger partial charge in [0.05, 0.1) is 5.75 Å². The number of carbonyl (C=O) groups is 1. The van der Waals surface area contributed by atoms with Gasteiger partial charge in [0.1, 0.15) is 0 Å². The Morgan fingerprint density at radius 3 is 2.89 bits per heavy atom. The van der Waals surface area contributed by atoms with Crippen LogP contribution >= 0.6 is 23.1 Å². The minimum Gasteiger partial charge on any atom is -0.481 e. The summed E-state index contributed by atoms with van der Waals surface area (Å²) in [5.41, 5.74) is 0.375. The molecule has 1 aliphatic rings. The van der Waals surface area contributed by atoms with Gasteiger partial charge >= 0.3 is 5.97 Å². The van der Waals surface area contributed by atoms with Gasteiger partial charge in [0.25, 0.3) is 0 Å². The van der Waals surface area contributed by atoms with Gasteiger partial charge in [0.2, 0.25) is 5.13 Å². The van der Waals surface area contributed by atoms with Crippen molar-refractivity contribution in [1.82, 2.24) is 10.2 Å². The number of aliphatic carboxylic acids is 1. The third-order valence-corrected chi connectivity index (χ3v) is 5.20. The van der Waals surface area contributed by atoms with E-state index in [4.69, 9.17) is 5.11 Å². The zero-order chi connectivity index (χ0) is 13.0. The predicted octanol–water partition coefficient (Wildman–Crippen LogP) is 2.71. The lowest BCUT2D eigenvalue weighted by atomic mass is 9.89. The summed E-state index contributed by atoms with van der Waals surface area (Å²) in [4.78, 5) is 10.4. The molecule has 0 aromatic carbocycles. The SMILES string of the molecule is CC1(CNc2nnc(SCC(=O)O)s2)CCCC1. The van der Waals surface area contributed by atoms with Crippen molar-refractivity contribution in [2.24, 2.45) is 5.41 Å². The van der Waals surface area contributed by atoms with Crippen molar-refractivity contribution in [1.29, 1.82) is 0 Å². The molecule has 0 spiro atoms. The summed E-state index contributed by atoms with van der Waals surface area (Å²) in [6.45, 7) is 3.22. The normalized spacial score (nSPS) is 17.8. The molecule has 18 heavy (non-hydrogen) atoms. The number of hydrogen-bond donors (Lipinski definition) is 2. The fraction of sp³-hybridized carbons (Fsp3) is 0.727. The summed E-state index contributed by atoms with van der Waals surface area (Å²) < 4.78 is 0.705. The zero-order valence-corrected chi connectivity index (χ0v) is 11.9. The molecule has 1 fully saturated rings. The van der Waals surface area contributed by atoms with Crippen molar-refractivity contribution >= 4 is 34.2 Å². The average molecular weight is 287 g/mol. The fourth-order valence-corrected chi connectivity index (χ4v) is 3.63. The lowest BCUT2D eigenvalue weighted by Gasteiger charge is -2.23. The first kappa shape index (κ1) is 13.6. The maximum absolute atomic E-state index is 10.4. The van der Waals surface area contributed by atoms with Crippen LogP contribution in [0.1, 0.15) is 32.6 Å².